The molecule has 0 aliphatic carbocycles. The van der Waals surface area contributed by atoms with E-state index in [4.69, 9.17) is 0 Å². The fraction of sp³-hybridized carbons (Fsp3) is 0.312. The second kappa shape index (κ2) is 27.7. The Morgan fingerprint density at radius 2 is 0.713 bits per heavy atom. The first kappa shape index (κ1) is 58.9. The van der Waals surface area contributed by atoms with Crippen LogP contribution in [-0.2, 0) is 6.61 Å². The summed E-state index contributed by atoms with van der Waals surface area (Å²) in [6, 6.07) is 47.2. The van der Waals surface area contributed by atoms with Crippen molar-refractivity contribution >= 4 is 10.8 Å². The number of nitrogens with zero attached hydrogens (tertiary/aromatic N) is 15. The quantitative estimate of drug-likeness (QED) is 0.131. The van der Waals surface area contributed by atoms with E-state index in [2.05, 4.69) is 245 Å². The van der Waals surface area contributed by atoms with E-state index in [1.54, 1.807) is 0 Å². The van der Waals surface area contributed by atoms with Crippen molar-refractivity contribution in [3.05, 3.63) is 192 Å². The van der Waals surface area contributed by atoms with E-state index in [-0.39, 0.29) is 6.61 Å². The maximum Gasteiger partial charge on any atom is 0.113 e. The number of rotatable bonds is 11. The highest BCUT2D eigenvalue weighted by Gasteiger charge is 2.12. The van der Waals surface area contributed by atoms with Crippen LogP contribution >= 0.6 is 0 Å². The van der Waals surface area contributed by atoms with Crippen molar-refractivity contribution in [1.29, 1.82) is 0 Å². The summed E-state index contributed by atoms with van der Waals surface area (Å²) in [5, 5.41) is 53.0. The van der Waals surface area contributed by atoms with Crippen LogP contribution in [0.1, 0.15) is 127 Å². The Hall–Kier alpha value is -8.76. The van der Waals surface area contributed by atoms with Crippen LogP contribution in [0.4, 0.5) is 0 Å². The van der Waals surface area contributed by atoms with Gasteiger partial charge in [0, 0.05) is 58.0 Å². The van der Waals surface area contributed by atoms with E-state index in [0.717, 1.165) is 67.4 Å². The van der Waals surface area contributed by atoms with E-state index in [1.165, 1.54) is 27.5 Å². The fourth-order valence-corrected chi connectivity index (χ4v) is 8.18. The van der Waals surface area contributed by atoms with E-state index >= 15 is 0 Å². The van der Waals surface area contributed by atoms with Gasteiger partial charge in [-0.2, -0.15) is 0 Å². The van der Waals surface area contributed by atoms with Crippen LogP contribution in [0.3, 0.4) is 0 Å². The number of aliphatic hydroxyl groups excluding tert-OH is 1. The molecule has 0 amide bonds. The molecular formula is C64H77N15O. The third-order valence-electron chi connectivity index (χ3n) is 12.9. The largest absolute Gasteiger partial charge is 0.392 e. The lowest BCUT2D eigenvalue weighted by Gasteiger charge is -2.03. The standard InChI is InChI=1S/C15H15N3.C13H17N3O.3C12H15N3/c1-11(2)18-10-15(16-17-18)14-9-5-7-12-6-3-4-8-13(12)14;1-9(2)16-7-13(14-15-16)12-5-10(3)4-11(6-12)8-17;1-9(2)15-8-12(13-14-15)11-6-4-10(3)5-7-11;2*1-9(2)15-8-12(13-14-15)11-6-4-5-10(3)7-11/h3-11H,1-2H3;4-7,9,17H,8H2,1-3H3;3*4-9H,1-3H3. The number of aliphatic hydroxyl groups is 1. The molecule has 11 rings (SSSR count). The molecule has 0 saturated heterocycles. The Morgan fingerprint density at radius 3 is 1.14 bits per heavy atom. The highest BCUT2D eigenvalue weighted by Crippen LogP contribution is 2.28. The molecule has 5 heterocycles. The van der Waals surface area contributed by atoms with Crippen molar-refractivity contribution in [1.82, 2.24) is 75.0 Å². The molecule has 414 valence electrons. The number of benzene rings is 6. The van der Waals surface area contributed by atoms with Crippen LogP contribution < -0.4 is 0 Å². The van der Waals surface area contributed by atoms with Crippen LogP contribution in [0, 0.1) is 27.7 Å². The van der Waals surface area contributed by atoms with Gasteiger partial charge in [-0.15, -0.1) is 25.5 Å². The summed E-state index contributed by atoms with van der Waals surface area (Å²) < 4.78 is 9.33. The molecule has 0 spiro atoms. The first-order valence-electron chi connectivity index (χ1n) is 27.4. The number of aryl methyl sites for hydroxylation is 4. The molecule has 16 nitrogen and oxygen atoms in total. The lowest BCUT2D eigenvalue weighted by Crippen LogP contribution is -2.00. The Morgan fingerprint density at radius 1 is 0.338 bits per heavy atom. The Kier molecular flexibility index (Phi) is 20.4. The number of hydrogen-bond acceptors (Lipinski definition) is 11. The van der Waals surface area contributed by atoms with Gasteiger partial charge in [0.05, 0.1) is 37.6 Å². The molecule has 0 fully saturated rings. The molecule has 5 aromatic heterocycles. The molecule has 0 radical (unpaired) electrons. The fourth-order valence-electron chi connectivity index (χ4n) is 8.18. The molecule has 11 aromatic rings. The third-order valence-corrected chi connectivity index (χ3v) is 12.9. The predicted molar refractivity (Wildman–Crippen MR) is 322 cm³/mol. The van der Waals surface area contributed by atoms with Gasteiger partial charge in [-0.25, -0.2) is 23.4 Å². The normalized spacial score (nSPS) is 11.1. The number of fused-ring (bicyclic) bond motifs is 1. The molecule has 0 saturated carbocycles. The van der Waals surface area contributed by atoms with Gasteiger partial charge in [-0.05, 0) is 138 Å². The summed E-state index contributed by atoms with van der Waals surface area (Å²) in [6.07, 6.45) is 9.89. The van der Waals surface area contributed by atoms with Gasteiger partial charge in [-0.1, -0.05) is 158 Å². The summed E-state index contributed by atoms with van der Waals surface area (Å²) >= 11 is 0. The van der Waals surface area contributed by atoms with Gasteiger partial charge in [0.2, 0.25) is 0 Å². The number of hydrogen-bond donors (Lipinski definition) is 1. The van der Waals surface area contributed by atoms with Crippen LogP contribution in [0.5, 0.6) is 0 Å². The predicted octanol–water partition coefficient (Wildman–Crippen LogP) is 14.5. The van der Waals surface area contributed by atoms with Gasteiger partial charge in [-0.3, -0.25) is 0 Å². The van der Waals surface area contributed by atoms with Crippen molar-refractivity contribution in [2.24, 2.45) is 0 Å². The highest BCUT2D eigenvalue weighted by molar-refractivity contribution is 5.95. The molecule has 80 heavy (non-hydrogen) atoms. The van der Waals surface area contributed by atoms with Crippen molar-refractivity contribution in [2.45, 2.75) is 134 Å². The minimum atomic E-state index is 0.0486. The van der Waals surface area contributed by atoms with E-state index in [1.807, 2.05) is 91.6 Å². The second-order valence-corrected chi connectivity index (χ2v) is 21.4. The van der Waals surface area contributed by atoms with Crippen LogP contribution in [0.2, 0.25) is 0 Å². The first-order valence-corrected chi connectivity index (χ1v) is 27.4. The van der Waals surface area contributed by atoms with E-state index < -0.39 is 0 Å². The summed E-state index contributed by atoms with van der Waals surface area (Å²) in [6.45, 7) is 29.2. The topological polar surface area (TPSA) is 174 Å². The zero-order valence-corrected chi connectivity index (χ0v) is 48.8. The SMILES string of the molecule is CC(C)n1cc(-c2cccc3ccccc23)nn1.Cc1cc(CO)cc(-c2cn(C(C)C)nn2)c1.Cc1ccc(-c2cn(C(C)C)nn2)cc1.Cc1cccc(-c2cn(C(C)C)nn2)c1.Cc1cccc(-c2cn(C(C)C)nn2)c1. The first-order chi connectivity index (χ1) is 38.3. The molecule has 0 atom stereocenters. The average Bonchev–Trinajstić information content (AvgIpc) is 4.33. The Bertz CT molecular complexity index is 3570. The van der Waals surface area contributed by atoms with Crippen LogP contribution in [-0.4, -0.2) is 80.1 Å². The average molecular weight is 1070 g/mol. The zero-order chi connectivity index (χ0) is 57.5. The minimum absolute atomic E-state index is 0.0486. The molecule has 0 aliphatic rings. The smallest absolute Gasteiger partial charge is 0.113 e. The molecule has 0 unspecified atom stereocenters. The molecule has 1 N–H and O–H groups in total. The summed E-state index contributed by atoms with van der Waals surface area (Å²) in [5.74, 6) is 0. The van der Waals surface area contributed by atoms with Crippen molar-refractivity contribution in [3.63, 3.8) is 0 Å². The third kappa shape index (κ3) is 16.2. The van der Waals surface area contributed by atoms with Crippen LogP contribution in [0.15, 0.2) is 164 Å². The zero-order valence-electron chi connectivity index (χ0n) is 48.8. The maximum absolute atomic E-state index is 9.19. The van der Waals surface area contributed by atoms with Gasteiger partial charge < -0.3 is 5.11 Å². The molecule has 0 bridgehead atoms. The minimum Gasteiger partial charge on any atom is -0.392 e. The van der Waals surface area contributed by atoms with Gasteiger partial charge >= 0.3 is 0 Å². The molecule has 6 aromatic carbocycles. The second-order valence-electron chi connectivity index (χ2n) is 21.4. The van der Waals surface area contributed by atoms with Crippen molar-refractivity contribution < 1.29 is 5.11 Å². The summed E-state index contributed by atoms with van der Waals surface area (Å²) in [7, 11) is 0. The van der Waals surface area contributed by atoms with Crippen molar-refractivity contribution in [3.8, 4) is 56.3 Å². The Labute approximate surface area is 471 Å². The van der Waals surface area contributed by atoms with E-state index in [0.29, 0.717) is 30.2 Å². The van der Waals surface area contributed by atoms with Gasteiger partial charge in [0.1, 0.15) is 28.5 Å². The number of aromatic nitrogens is 15. The molecule has 0 aliphatic heterocycles. The van der Waals surface area contributed by atoms with Crippen molar-refractivity contribution in [2.75, 3.05) is 0 Å². The Balaban J connectivity index is 0.000000145. The highest BCUT2D eigenvalue weighted by atomic mass is 16.3. The maximum atomic E-state index is 9.19. The van der Waals surface area contributed by atoms with Gasteiger partial charge in [0.25, 0.3) is 0 Å². The summed E-state index contributed by atoms with van der Waals surface area (Å²) in [4.78, 5) is 0. The molecule has 16 heteroatoms. The van der Waals surface area contributed by atoms with Gasteiger partial charge in [0.15, 0.2) is 0 Å². The lowest BCUT2D eigenvalue weighted by molar-refractivity contribution is 0.282. The summed E-state index contributed by atoms with van der Waals surface area (Å²) in [5.41, 5.74) is 15.9. The van der Waals surface area contributed by atoms with E-state index in [9.17, 15) is 5.11 Å². The monoisotopic (exact) mass is 1070 g/mol. The van der Waals surface area contributed by atoms with Crippen LogP contribution in [0.25, 0.3) is 67.1 Å². The lowest BCUT2D eigenvalue weighted by atomic mass is 10.0. The molecular weight excluding hydrogens is 995 g/mol.